The maximum atomic E-state index is 9.92. The molecule has 0 amide bonds. The zero-order valence-electron chi connectivity index (χ0n) is 12.8. The molecular weight excluding hydrogens is 240 g/mol. The first-order valence-electron chi connectivity index (χ1n) is 8.25. The fraction of sp³-hybridized carbons (Fsp3) is 1.00. The van der Waals surface area contributed by atoms with Crippen LogP contribution < -0.4 is 0 Å². The minimum Gasteiger partial charge on any atom is -0.374 e. The molecule has 0 aromatic carbocycles. The first-order chi connectivity index (χ1) is 8.81. The van der Waals surface area contributed by atoms with E-state index in [1.807, 2.05) is 0 Å². The van der Waals surface area contributed by atoms with Gasteiger partial charge < -0.3 is 4.89 Å². The molecule has 110 valence electrons. The summed E-state index contributed by atoms with van der Waals surface area (Å²) in [4.78, 5) is 9.92. The van der Waals surface area contributed by atoms with Gasteiger partial charge in [0.1, 0.15) is 0 Å². The Morgan fingerprint density at radius 2 is 0.889 bits per heavy atom. The number of rotatable bonds is 14. The molecule has 0 unspecified atom stereocenters. The van der Waals surface area contributed by atoms with Crippen molar-refractivity contribution < 1.29 is 4.89 Å². The molecule has 0 aliphatic heterocycles. The van der Waals surface area contributed by atoms with Gasteiger partial charge in [-0.15, -0.1) is 0 Å². The van der Waals surface area contributed by atoms with Gasteiger partial charge in [0.2, 0.25) is 0 Å². The lowest BCUT2D eigenvalue weighted by Crippen LogP contribution is -1.91. The Labute approximate surface area is 117 Å². The topological polar surface area (TPSA) is 20.2 Å². The van der Waals surface area contributed by atoms with Gasteiger partial charge >= 0.3 is 0 Å². The Bertz CT molecular complexity index is 134. The largest absolute Gasteiger partial charge is 0.374 e. The van der Waals surface area contributed by atoms with Crippen LogP contribution in [0.5, 0.6) is 0 Å². The smallest absolute Gasteiger partial charge is 0.0251 e. The van der Waals surface area contributed by atoms with Crippen LogP contribution in [0.4, 0.5) is 0 Å². The summed E-state index contributed by atoms with van der Waals surface area (Å²) in [6.45, 7) is 4.51. The van der Waals surface area contributed by atoms with Crippen molar-refractivity contribution in [3.8, 4) is 0 Å². The second-order valence-corrected chi connectivity index (χ2v) is 7.40. The molecule has 1 N–H and O–H groups in total. The maximum Gasteiger partial charge on any atom is 0.0251 e. The van der Waals surface area contributed by atoms with Crippen molar-refractivity contribution in [1.29, 1.82) is 0 Å². The van der Waals surface area contributed by atoms with Crippen LogP contribution in [0.1, 0.15) is 90.9 Å². The fourth-order valence-electron chi connectivity index (χ4n) is 2.26. The van der Waals surface area contributed by atoms with Crippen molar-refractivity contribution in [3.63, 3.8) is 0 Å². The normalized spacial score (nSPS) is 11.3. The Kier molecular flexibility index (Phi) is 15.8. The molecule has 0 atom stereocenters. The Hall–Kier alpha value is 0.390. The van der Waals surface area contributed by atoms with Crippen LogP contribution in [0.15, 0.2) is 0 Å². The van der Waals surface area contributed by atoms with Gasteiger partial charge in [0.25, 0.3) is 0 Å². The molecule has 2 heteroatoms. The molecule has 0 radical (unpaired) electrons. The van der Waals surface area contributed by atoms with E-state index in [4.69, 9.17) is 0 Å². The highest BCUT2D eigenvalue weighted by molar-refractivity contribution is 7.51. The third-order valence-corrected chi connectivity index (χ3v) is 5.20. The van der Waals surface area contributed by atoms with Gasteiger partial charge in [0.05, 0.1) is 0 Å². The van der Waals surface area contributed by atoms with E-state index in [-0.39, 0.29) is 0 Å². The Morgan fingerprint density at radius 3 is 1.28 bits per heavy atom. The molecule has 0 aromatic rings. The summed E-state index contributed by atoms with van der Waals surface area (Å²) in [5, 5.41) is 0. The summed E-state index contributed by atoms with van der Waals surface area (Å²) in [7, 11) is -0.630. The minimum atomic E-state index is -0.630. The standard InChI is InChI=1S/C16H35OP/c1-3-5-7-9-11-13-15-18(17)16-14-12-10-8-6-4-2/h17H,3-16H2,1-2H3/i18+1. The fourth-order valence-corrected chi connectivity index (χ4v) is 3.66. The average molecular weight is 275 g/mol. The second kappa shape index (κ2) is 15.4. The highest BCUT2D eigenvalue weighted by Crippen LogP contribution is 2.32. The van der Waals surface area contributed by atoms with Crippen LogP contribution >= 0.6 is 8.15 Å². The second-order valence-electron chi connectivity index (χ2n) is 5.49. The quantitative estimate of drug-likeness (QED) is 0.300. The third kappa shape index (κ3) is 14.5. The zero-order chi connectivity index (χ0) is 13.5. The van der Waals surface area contributed by atoms with Crippen LogP contribution in [0.3, 0.4) is 0 Å². The summed E-state index contributed by atoms with van der Waals surface area (Å²) in [5.41, 5.74) is 0. The molecule has 0 heterocycles. The first-order valence-corrected chi connectivity index (χ1v) is 9.91. The lowest BCUT2D eigenvalue weighted by molar-refractivity contribution is 0.587. The van der Waals surface area contributed by atoms with Crippen molar-refractivity contribution in [2.24, 2.45) is 0 Å². The van der Waals surface area contributed by atoms with Crippen molar-refractivity contribution in [2.45, 2.75) is 90.9 Å². The van der Waals surface area contributed by atoms with Crippen LogP contribution in [0.2, 0.25) is 0 Å². The molecule has 18 heavy (non-hydrogen) atoms. The molecule has 0 aromatic heterocycles. The van der Waals surface area contributed by atoms with Gasteiger partial charge in [0, 0.05) is 8.15 Å². The van der Waals surface area contributed by atoms with E-state index in [0.717, 1.165) is 12.3 Å². The highest BCUT2D eigenvalue weighted by atomic mass is 32.1. The SMILES string of the molecule is CCCCCCCC[32P](O)CCCCCCCC. The Morgan fingerprint density at radius 1 is 0.556 bits per heavy atom. The zero-order valence-corrected chi connectivity index (χ0v) is 13.7. The lowest BCUT2D eigenvalue weighted by Gasteiger charge is -2.10. The highest BCUT2D eigenvalue weighted by Gasteiger charge is 2.03. The monoisotopic (exact) mass is 275 g/mol. The van der Waals surface area contributed by atoms with Crippen molar-refractivity contribution in [3.05, 3.63) is 0 Å². The molecule has 0 saturated carbocycles. The predicted octanol–water partition coefficient (Wildman–Crippen LogP) is 6.10. The predicted molar refractivity (Wildman–Crippen MR) is 85.6 cm³/mol. The van der Waals surface area contributed by atoms with E-state index in [2.05, 4.69) is 13.8 Å². The van der Waals surface area contributed by atoms with Gasteiger partial charge in [-0.2, -0.15) is 0 Å². The van der Waals surface area contributed by atoms with E-state index < -0.39 is 8.15 Å². The van der Waals surface area contributed by atoms with E-state index in [1.54, 1.807) is 0 Å². The summed E-state index contributed by atoms with van der Waals surface area (Å²) in [6.07, 6.45) is 18.3. The van der Waals surface area contributed by atoms with E-state index in [1.165, 1.54) is 77.0 Å². The van der Waals surface area contributed by atoms with Gasteiger partial charge in [-0.05, 0) is 25.2 Å². The van der Waals surface area contributed by atoms with Crippen LogP contribution in [0, 0.1) is 0 Å². The van der Waals surface area contributed by atoms with Gasteiger partial charge in [-0.25, -0.2) is 0 Å². The third-order valence-electron chi connectivity index (χ3n) is 3.54. The maximum absolute atomic E-state index is 9.92. The van der Waals surface area contributed by atoms with Gasteiger partial charge in [-0.3, -0.25) is 0 Å². The van der Waals surface area contributed by atoms with Crippen molar-refractivity contribution in [2.75, 3.05) is 12.3 Å². The van der Waals surface area contributed by atoms with E-state index >= 15 is 0 Å². The summed E-state index contributed by atoms with van der Waals surface area (Å²) < 4.78 is 0. The van der Waals surface area contributed by atoms with Gasteiger partial charge in [-0.1, -0.05) is 78.1 Å². The van der Waals surface area contributed by atoms with Crippen LogP contribution in [-0.2, 0) is 0 Å². The molecular formula is C16H35OP. The van der Waals surface area contributed by atoms with E-state index in [9.17, 15) is 4.89 Å². The molecule has 0 aliphatic rings. The minimum absolute atomic E-state index is 0.630. The molecule has 0 bridgehead atoms. The number of unbranched alkanes of at least 4 members (excludes halogenated alkanes) is 10. The average Bonchev–Trinajstić information content (AvgIpc) is 2.38. The molecule has 0 saturated heterocycles. The van der Waals surface area contributed by atoms with Crippen LogP contribution in [-0.4, -0.2) is 17.2 Å². The van der Waals surface area contributed by atoms with Crippen molar-refractivity contribution >= 4 is 8.15 Å². The summed E-state index contributed by atoms with van der Waals surface area (Å²) in [5.74, 6) is 0. The molecule has 1 nitrogen and oxygen atoms in total. The van der Waals surface area contributed by atoms with E-state index in [0.29, 0.717) is 0 Å². The molecule has 0 rings (SSSR count). The molecule has 0 aliphatic carbocycles. The summed E-state index contributed by atoms with van der Waals surface area (Å²) >= 11 is 0. The molecule has 0 fully saturated rings. The number of hydrogen-bond acceptors (Lipinski definition) is 1. The lowest BCUT2D eigenvalue weighted by atomic mass is 10.1. The van der Waals surface area contributed by atoms with Crippen LogP contribution in [0.25, 0.3) is 0 Å². The summed E-state index contributed by atoms with van der Waals surface area (Å²) in [6, 6.07) is 0. The molecule has 0 spiro atoms. The Balaban J connectivity index is 3.10. The number of hydrogen-bond donors (Lipinski definition) is 1. The van der Waals surface area contributed by atoms with Gasteiger partial charge in [0.15, 0.2) is 0 Å². The van der Waals surface area contributed by atoms with Crippen molar-refractivity contribution in [1.82, 2.24) is 0 Å². The first kappa shape index (κ1) is 18.4.